The fourth-order valence-corrected chi connectivity index (χ4v) is 5.20. The molecule has 0 aliphatic carbocycles. The Kier molecular flexibility index (Phi) is 9.53. The van der Waals surface area contributed by atoms with E-state index < -0.39 is 28.5 Å². The Hall–Kier alpha value is -2.88. The monoisotopic (exact) mass is 591 g/mol. The number of benzene rings is 3. The number of carbonyl (C=O) groups is 2. The number of sulfonamides is 1. The molecule has 0 aliphatic heterocycles. The molecule has 3 rings (SSSR count). The number of carbonyl (C=O) groups excluding carboxylic acids is 2. The van der Waals surface area contributed by atoms with Crippen molar-refractivity contribution in [2.24, 2.45) is 0 Å². The van der Waals surface area contributed by atoms with E-state index in [1.54, 1.807) is 48.5 Å². The van der Waals surface area contributed by atoms with Crippen LogP contribution in [-0.4, -0.2) is 51.0 Å². The van der Waals surface area contributed by atoms with Crippen LogP contribution in [0.2, 0.25) is 5.02 Å². The molecular formula is C26H27BrClN3O4S. The number of likely N-dealkylation sites (N-methyl/N-ethyl adjacent to an activating group) is 1. The number of amides is 2. The van der Waals surface area contributed by atoms with Crippen molar-refractivity contribution in [1.82, 2.24) is 10.2 Å². The Balaban J connectivity index is 2.04. The summed E-state index contributed by atoms with van der Waals surface area (Å²) in [5.74, 6) is -0.905. The Bertz CT molecular complexity index is 1320. The summed E-state index contributed by atoms with van der Waals surface area (Å²) in [7, 11) is -2.31. The molecule has 0 spiro atoms. The minimum Gasteiger partial charge on any atom is -0.357 e. The first kappa shape index (κ1) is 27.7. The van der Waals surface area contributed by atoms with Crippen LogP contribution in [0, 0.1) is 0 Å². The van der Waals surface area contributed by atoms with Crippen molar-refractivity contribution < 1.29 is 18.0 Å². The molecule has 190 valence electrons. The van der Waals surface area contributed by atoms with E-state index >= 15 is 0 Å². The Morgan fingerprint density at radius 3 is 2.28 bits per heavy atom. The standard InChI is InChI=1S/C26H27BrClN3O4S/c1-29-26(33)24(15-19-9-4-3-5-10-19)30(17-20-11-6-7-14-23(20)28)25(32)18-31(36(2,34)35)22-13-8-12-21(27)16-22/h3-14,16,24H,15,17-18H2,1-2H3,(H,29,33)/t24-/m1/s1. The number of anilines is 1. The van der Waals surface area contributed by atoms with Crippen molar-refractivity contribution in [2.75, 3.05) is 24.2 Å². The largest absolute Gasteiger partial charge is 0.357 e. The Morgan fingerprint density at radius 1 is 1.00 bits per heavy atom. The second-order valence-electron chi connectivity index (χ2n) is 8.18. The topological polar surface area (TPSA) is 86.8 Å². The summed E-state index contributed by atoms with van der Waals surface area (Å²) in [5, 5.41) is 3.08. The zero-order chi connectivity index (χ0) is 26.3. The number of nitrogens with one attached hydrogen (secondary N) is 1. The van der Waals surface area contributed by atoms with E-state index in [1.165, 1.54) is 11.9 Å². The number of hydrogen-bond acceptors (Lipinski definition) is 4. The molecule has 2 amide bonds. The van der Waals surface area contributed by atoms with Crippen LogP contribution in [-0.2, 0) is 32.6 Å². The first-order valence-electron chi connectivity index (χ1n) is 11.1. The van der Waals surface area contributed by atoms with Gasteiger partial charge in [0.25, 0.3) is 0 Å². The third-order valence-electron chi connectivity index (χ3n) is 5.59. The lowest BCUT2D eigenvalue weighted by Gasteiger charge is -2.33. The van der Waals surface area contributed by atoms with Gasteiger partial charge in [-0.3, -0.25) is 13.9 Å². The van der Waals surface area contributed by atoms with Crippen LogP contribution in [0.5, 0.6) is 0 Å². The van der Waals surface area contributed by atoms with Gasteiger partial charge in [0.1, 0.15) is 12.6 Å². The molecule has 1 N–H and O–H groups in total. The molecule has 0 aliphatic rings. The molecule has 0 saturated heterocycles. The highest BCUT2D eigenvalue weighted by molar-refractivity contribution is 9.10. The minimum atomic E-state index is -3.82. The SMILES string of the molecule is CNC(=O)[C@@H](Cc1ccccc1)N(Cc1ccccc1Cl)C(=O)CN(c1cccc(Br)c1)S(C)(=O)=O. The second-order valence-corrected chi connectivity index (χ2v) is 11.4. The van der Waals surface area contributed by atoms with E-state index in [2.05, 4.69) is 21.2 Å². The third-order valence-corrected chi connectivity index (χ3v) is 7.59. The van der Waals surface area contributed by atoms with E-state index in [-0.39, 0.29) is 18.9 Å². The number of hydrogen-bond donors (Lipinski definition) is 1. The lowest BCUT2D eigenvalue weighted by atomic mass is 10.0. The first-order valence-corrected chi connectivity index (χ1v) is 14.1. The Morgan fingerprint density at radius 2 is 1.67 bits per heavy atom. The van der Waals surface area contributed by atoms with Crippen molar-refractivity contribution in [2.45, 2.75) is 19.0 Å². The molecule has 0 fully saturated rings. The maximum absolute atomic E-state index is 13.8. The summed E-state index contributed by atoms with van der Waals surface area (Å²) >= 11 is 9.74. The maximum atomic E-state index is 13.8. The average molecular weight is 593 g/mol. The molecule has 0 radical (unpaired) electrons. The van der Waals surface area contributed by atoms with E-state index in [1.807, 2.05) is 30.3 Å². The van der Waals surface area contributed by atoms with Crippen molar-refractivity contribution in [3.05, 3.63) is 99.5 Å². The van der Waals surface area contributed by atoms with Gasteiger partial charge in [-0.2, -0.15) is 0 Å². The summed E-state index contributed by atoms with van der Waals surface area (Å²) < 4.78 is 27.1. The van der Waals surface area contributed by atoms with Gasteiger partial charge in [0.05, 0.1) is 11.9 Å². The highest BCUT2D eigenvalue weighted by atomic mass is 79.9. The van der Waals surface area contributed by atoms with Crippen molar-refractivity contribution in [1.29, 1.82) is 0 Å². The van der Waals surface area contributed by atoms with Crippen LogP contribution >= 0.6 is 27.5 Å². The minimum absolute atomic E-state index is 0.0273. The van der Waals surface area contributed by atoms with Crippen LogP contribution in [0.1, 0.15) is 11.1 Å². The highest BCUT2D eigenvalue weighted by Crippen LogP contribution is 2.24. The van der Waals surface area contributed by atoms with E-state index in [0.717, 1.165) is 16.1 Å². The fraction of sp³-hybridized carbons (Fsp3) is 0.231. The molecule has 7 nitrogen and oxygen atoms in total. The number of rotatable bonds is 10. The normalized spacial score (nSPS) is 12.0. The van der Waals surface area contributed by atoms with Gasteiger partial charge in [0.2, 0.25) is 21.8 Å². The summed E-state index contributed by atoms with van der Waals surface area (Å²) in [4.78, 5) is 28.3. The first-order chi connectivity index (χ1) is 17.1. The van der Waals surface area contributed by atoms with Gasteiger partial charge in [0.15, 0.2) is 0 Å². The molecule has 0 saturated carbocycles. The van der Waals surface area contributed by atoms with Crippen LogP contribution in [0.4, 0.5) is 5.69 Å². The van der Waals surface area contributed by atoms with Gasteiger partial charge in [-0.25, -0.2) is 8.42 Å². The van der Waals surface area contributed by atoms with E-state index in [4.69, 9.17) is 11.6 Å². The van der Waals surface area contributed by atoms with Gasteiger partial charge >= 0.3 is 0 Å². The van der Waals surface area contributed by atoms with Gasteiger partial charge in [-0.1, -0.05) is 82.1 Å². The quantitative estimate of drug-likeness (QED) is 0.381. The lowest BCUT2D eigenvalue weighted by molar-refractivity contribution is -0.139. The fourth-order valence-electron chi connectivity index (χ4n) is 3.78. The van der Waals surface area contributed by atoms with E-state index in [0.29, 0.717) is 20.7 Å². The molecular weight excluding hydrogens is 566 g/mol. The summed E-state index contributed by atoms with van der Waals surface area (Å²) in [6.45, 7) is -0.457. The molecule has 0 heterocycles. The Labute approximate surface area is 225 Å². The van der Waals surface area contributed by atoms with Gasteiger partial charge in [-0.15, -0.1) is 0 Å². The highest BCUT2D eigenvalue weighted by Gasteiger charge is 2.32. The van der Waals surface area contributed by atoms with Crippen LogP contribution in [0.25, 0.3) is 0 Å². The smallest absolute Gasteiger partial charge is 0.244 e. The van der Waals surface area contributed by atoms with Crippen molar-refractivity contribution in [3.8, 4) is 0 Å². The second kappa shape index (κ2) is 12.4. The van der Waals surface area contributed by atoms with Crippen molar-refractivity contribution in [3.63, 3.8) is 0 Å². The van der Waals surface area contributed by atoms with Crippen LogP contribution in [0.15, 0.2) is 83.3 Å². The lowest BCUT2D eigenvalue weighted by Crippen LogP contribution is -2.52. The van der Waals surface area contributed by atoms with E-state index in [9.17, 15) is 18.0 Å². The molecule has 10 heteroatoms. The van der Waals surface area contributed by atoms with Gasteiger partial charge < -0.3 is 10.2 Å². The third kappa shape index (κ3) is 7.32. The molecule has 3 aromatic carbocycles. The van der Waals surface area contributed by atoms with Gasteiger partial charge in [0, 0.05) is 29.5 Å². The zero-order valence-corrected chi connectivity index (χ0v) is 23.1. The molecule has 0 bridgehead atoms. The number of nitrogens with zero attached hydrogens (tertiary/aromatic N) is 2. The average Bonchev–Trinajstić information content (AvgIpc) is 2.85. The molecule has 36 heavy (non-hydrogen) atoms. The molecule has 0 unspecified atom stereocenters. The number of halogens is 2. The van der Waals surface area contributed by atoms with Crippen LogP contribution in [0.3, 0.4) is 0 Å². The summed E-state index contributed by atoms with van der Waals surface area (Å²) in [5.41, 5.74) is 1.83. The molecule has 0 aromatic heterocycles. The molecule has 3 aromatic rings. The van der Waals surface area contributed by atoms with Crippen LogP contribution < -0.4 is 9.62 Å². The zero-order valence-electron chi connectivity index (χ0n) is 19.9. The predicted molar refractivity (Wildman–Crippen MR) is 146 cm³/mol. The summed E-state index contributed by atoms with van der Waals surface area (Å²) in [6.07, 6.45) is 1.28. The summed E-state index contributed by atoms with van der Waals surface area (Å²) in [6, 6.07) is 22.1. The van der Waals surface area contributed by atoms with Gasteiger partial charge in [-0.05, 0) is 35.4 Å². The molecule has 1 atom stereocenters. The predicted octanol–water partition coefficient (Wildman–Crippen LogP) is 4.25. The maximum Gasteiger partial charge on any atom is 0.244 e. The van der Waals surface area contributed by atoms with Crippen molar-refractivity contribution >= 4 is 55.1 Å².